The lowest BCUT2D eigenvalue weighted by Gasteiger charge is -2.07. The van der Waals surface area contributed by atoms with E-state index in [0.717, 1.165) is 49.5 Å². The van der Waals surface area contributed by atoms with Crippen LogP contribution in [-0.4, -0.2) is 27.6 Å². The molecule has 18 heavy (non-hydrogen) atoms. The molecule has 0 aliphatic carbocycles. The summed E-state index contributed by atoms with van der Waals surface area (Å²) in [5.41, 5.74) is 2.06. The van der Waals surface area contributed by atoms with Gasteiger partial charge in [0.25, 0.3) is 0 Å². The normalized spacial score (nSPS) is 10.6. The van der Waals surface area contributed by atoms with Gasteiger partial charge in [0, 0.05) is 12.4 Å². The van der Waals surface area contributed by atoms with Gasteiger partial charge in [-0.25, -0.2) is 4.98 Å². The third-order valence-corrected chi connectivity index (χ3v) is 3.12. The maximum Gasteiger partial charge on any atom is 0.242 e. The van der Waals surface area contributed by atoms with Crippen molar-refractivity contribution in [1.29, 1.82) is 0 Å². The summed E-state index contributed by atoms with van der Waals surface area (Å²) in [6.45, 7) is 5.08. The molecule has 0 radical (unpaired) electrons. The third-order valence-electron chi connectivity index (χ3n) is 2.85. The highest BCUT2D eigenvalue weighted by atomic mass is 35.5. The molecule has 0 aliphatic rings. The topological polar surface area (TPSA) is 50.7 Å². The first kappa shape index (κ1) is 15.2. The van der Waals surface area contributed by atoms with Crippen molar-refractivity contribution >= 4 is 17.5 Å². The Morgan fingerprint density at radius 2 is 1.67 bits per heavy atom. The fourth-order valence-electron chi connectivity index (χ4n) is 1.79. The van der Waals surface area contributed by atoms with E-state index in [4.69, 9.17) is 11.6 Å². The fraction of sp³-hybridized carbons (Fsp3) is 0.769. The second-order valence-electron chi connectivity index (χ2n) is 4.27. The molecule has 0 fully saturated rings. The van der Waals surface area contributed by atoms with E-state index in [2.05, 4.69) is 34.3 Å². The SMILES string of the molecule is CCc1nnc(NCCCCCCCl)nc1CC. The summed E-state index contributed by atoms with van der Waals surface area (Å²) in [4.78, 5) is 4.49. The fourth-order valence-corrected chi connectivity index (χ4v) is 1.98. The molecule has 1 heterocycles. The van der Waals surface area contributed by atoms with Crippen LogP contribution in [0.15, 0.2) is 0 Å². The van der Waals surface area contributed by atoms with E-state index in [0.29, 0.717) is 5.95 Å². The number of rotatable bonds is 9. The Kier molecular flexibility index (Phi) is 7.65. The zero-order chi connectivity index (χ0) is 13.2. The highest BCUT2D eigenvalue weighted by Crippen LogP contribution is 2.07. The van der Waals surface area contributed by atoms with Gasteiger partial charge >= 0.3 is 0 Å². The van der Waals surface area contributed by atoms with Gasteiger partial charge in [-0.2, -0.15) is 5.10 Å². The largest absolute Gasteiger partial charge is 0.353 e. The number of aromatic nitrogens is 3. The van der Waals surface area contributed by atoms with Gasteiger partial charge in [0.2, 0.25) is 5.95 Å². The molecule has 102 valence electrons. The van der Waals surface area contributed by atoms with Crippen molar-refractivity contribution in [2.45, 2.75) is 52.4 Å². The Hall–Kier alpha value is -0.900. The second kappa shape index (κ2) is 9.09. The molecule has 0 saturated heterocycles. The molecule has 0 unspecified atom stereocenters. The van der Waals surface area contributed by atoms with Crippen molar-refractivity contribution in [3.05, 3.63) is 11.4 Å². The molecule has 0 saturated carbocycles. The molecule has 0 aliphatic heterocycles. The Balaban J connectivity index is 2.34. The van der Waals surface area contributed by atoms with E-state index in [-0.39, 0.29) is 0 Å². The molecule has 1 aromatic rings. The van der Waals surface area contributed by atoms with Crippen molar-refractivity contribution in [2.24, 2.45) is 0 Å². The molecule has 0 atom stereocenters. The van der Waals surface area contributed by atoms with Gasteiger partial charge in [0.1, 0.15) is 0 Å². The second-order valence-corrected chi connectivity index (χ2v) is 4.64. The Morgan fingerprint density at radius 3 is 2.33 bits per heavy atom. The van der Waals surface area contributed by atoms with Gasteiger partial charge < -0.3 is 5.32 Å². The van der Waals surface area contributed by atoms with Crippen LogP contribution in [-0.2, 0) is 12.8 Å². The summed E-state index contributed by atoms with van der Waals surface area (Å²) in [6.07, 6.45) is 6.41. The van der Waals surface area contributed by atoms with E-state index in [9.17, 15) is 0 Å². The standard InChI is InChI=1S/C13H23ClN4/c1-3-11-12(4-2)17-18-13(16-11)15-10-8-6-5-7-9-14/h3-10H2,1-2H3,(H,15,16,18). The molecular formula is C13H23ClN4. The molecular weight excluding hydrogens is 248 g/mol. The minimum atomic E-state index is 0.654. The highest BCUT2D eigenvalue weighted by Gasteiger charge is 2.05. The van der Waals surface area contributed by atoms with Crippen LogP contribution in [0.2, 0.25) is 0 Å². The first-order valence-corrected chi connectivity index (χ1v) is 7.37. The Bertz CT molecular complexity index is 344. The van der Waals surface area contributed by atoms with Crippen LogP contribution in [0.4, 0.5) is 5.95 Å². The van der Waals surface area contributed by atoms with Crippen LogP contribution in [0.25, 0.3) is 0 Å². The lowest BCUT2D eigenvalue weighted by molar-refractivity contribution is 0.683. The summed E-state index contributed by atoms with van der Waals surface area (Å²) in [7, 11) is 0. The molecule has 4 nitrogen and oxygen atoms in total. The average Bonchev–Trinajstić information content (AvgIpc) is 2.42. The monoisotopic (exact) mass is 270 g/mol. The maximum atomic E-state index is 5.63. The minimum absolute atomic E-state index is 0.654. The Labute approximate surface area is 115 Å². The number of unbranched alkanes of at least 4 members (excludes halogenated alkanes) is 3. The number of hydrogen-bond acceptors (Lipinski definition) is 4. The summed E-state index contributed by atoms with van der Waals surface area (Å²) >= 11 is 5.63. The molecule has 0 amide bonds. The first-order chi connectivity index (χ1) is 8.81. The number of halogens is 1. The van der Waals surface area contributed by atoms with E-state index < -0.39 is 0 Å². The number of nitrogens with one attached hydrogen (secondary N) is 1. The lowest BCUT2D eigenvalue weighted by Crippen LogP contribution is -2.10. The van der Waals surface area contributed by atoms with Crippen LogP contribution in [0, 0.1) is 0 Å². The van der Waals surface area contributed by atoms with E-state index >= 15 is 0 Å². The number of nitrogens with zero attached hydrogens (tertiary/aromatic N) is 3. The molecule has 0 bridgehead atoms. The first-order valence-electron chi connectivity index (χ1n) is 6.84. The van der Waals surface area contributed by atoms with Crippen LogP contribution >= 0.6 is 11.6 Å². The number of alkyl halides is 1. The van der Waals surface area contributed by atoms with Crippen LogP contribution in [0.3, 0.4) is 0 Å². The molecule has 1 rings (SSSR count). The number of anilines is 1. The van der Waals surface area contributed by atoms with E-state index in [1.54, 1.807) is 0 Å². The Morgan fingerprint density at radius 1 is 0.944 bits per heavy atom. The van der Waals surface area contributed by atoms with Crippen LogP contribution < -0.4 is 5.32 Å². The summed E-state index contributed by atoms with van der Waals surface area (Å²) in [6, 6.07) is 0. The molecule has 0 aromatic carbocycles. The summed E-state index contributed by atoms with van der Waals surface area (Å²) < 4.78 is 0. The highest BCUT2D eigenvalue weighted by molar-refractivity contribution is 6.17. The van der Waals surface area contributed by atoms with Gasteiger partial charge in [-0.3, -0.25) is 0 Å². The summed E-state index contributed by atoms with van der Waals surface area (Å²) in [5, 5.41) is 11.5. The lowest BCUT2D eigenvalue weighted by atomic mass is 10.2. The van der Waals surface area contributed by atoms with Crippen molar-refractivity contribution in [3.63, 3.8) is 0 Å². The van der Waals surface area contributed by atoms with Crippen molar-refractivity contribution in [3.8, 4) is 0 Å². The molecule has 5 heteroatoms. The van der Waals surface area contributed by atoms with Crippen LogP contribution in [0.5, 0.6) is 0 Å². The van der Waals surface area contributed by atoms with Crippen LogP contribution in [0.1, 0.15) is 50.9 Å². The predicted octanol–water partition coefficient (Wildman–Crippen LogP) is 3.21. The number of hydrogen-bond donors (Lipinski definition) is 1. The molecule has 1 aromatic heterocycles. The number of aryl methyl sites for hydroxylation is 2. The van der Waals surface area contributed by atoms with Gasteiger partial charge in [-0.05, 0) is 25.7 Å². The average molecular weight is 271 g/mol. The zero-order valence-corrected chi connectivity index (χ0v) is 12.1. The van der Waals surface area contributed by atoms with Crippen molar-refractivity contribution < 1.29 is 0 Å². The molecule has 1 N–H and O–H groups in total. The smallest absolute Gasteiger partial charge is 0.242 e. The van der Waals surface area contributed by atoms with E-state index in [1.807, 2.05) is 0 Å². The molecule has 0 spiro atoms. The summed E-state index contributed by atoms with van der Waals surface area (Å²) in [5.74, 6) is 1.42. The third kappa shape index (κ3) is 5.17. The van der Waals surface area contributed by atoms with Gasteiger partial charge in [-0.1, -0.05) is 26.7 Å². The van der Waals surface area contributed by atoms with Gasteiger partial charge in [-0.15, -0.1) is 16.7 Å². The minimum Gasteiger partial charge on any atom is -0.353 e. The quantitative estimate of drug-likeness (QED) is 0.553. The van der Waals surface area contributed by atoms with Crippen molar-refractivity contribution in [1.82, 2.24) is 15.2 Å². The van der Waals surface area contributed by atoms with E-state index in [1.165, 1.54) is 12.8 Å². The van der Waals surface area contributed by atoms with Crippen molar-refractivity contribution in [2.75, 3.05) is 17.7 Å². The zero-order valence-electron chi connectivity index (χ0n) is 11.4. The predicted molar refractivity (Wildman–Crippen MR) is 76.3 cm³/mol. The van der Waals surface area contributed by atoms with Gasteiger partial charge in [0.15, 0.2) is 0 Å². The maximum absolute atomic E-state index is 5.63. The van der Waals surface area contributed by atoms with Gasteiger partial charge in [0.05, 0.1) is 11.4 Å².